The molecule has 2 aromatic carbocycles. The fourth-order valence-corrected chi connectivity index (χ4v) is 4.21. The van der Waals surface area contributed by atoms with Gasteiger partial charge in [0, 0.05) is 39.3 Å². The van der Waals surface area contributed by atoms with Crippen LogP contribution < -0.4 is 5.32 Å². The Bertz CT molecular complexity index is 990. The zero-order valence-corrected chi connectivity index (χ0v) is 17.4. The summed E-state index contributed by atoms with van der Waals surface area (Å²) in [6, 6.07) is 16.0. The molecule has 29 heavy (non-hydrogen) atoms. The molecule has 0 bridgehead atoms. The average Bonchev–Trinajstić information content (AvgIpc) is 3.08. The van der Waals surface area contributed by atoms with Gasteiger partial charge in [-0.05, 0) is 30.2 Å². The molecule has 1 aliphatic rings. The normalized spacial score (nSPS) is 17.0. The summed E-state index contributed by atoms with van der Waals surface area (Å²) in [5.74, 6) is -0.766. The van der Waals surface area contributed by atoms with E-state index in [4.69, 9.17) is 0 Å². The Labute approximate surface area is 171 Å². The lowest BCUT2D eigenvalue weighted by Crippen LogP contribution is -2.30. The highest BCUT2D eigenvalue weighted by atomic mass is 32.2. The van der Waals surface area contributed by atoms with Gasteiger partial charge in [-0.3, -0.25) is 9.59 Å². The number of carbonyl (C=O) groups excluding carboxylic acids is 2. The number of likely N-dealkylation sites (tertiary alicyclic amines) is 1. The summed E-state index contributed by atoms with van der Waals surface area (Å²) in [7, 11) is -0.680. The number of rotatable bonds is 7. The van der Waals surface area contributed by atoms with Gasteiger partial charge in [-0.2, -0.15) is 0 Å². The first-order chi connectivity index (χ1) is 13.8. The van der Waals surface area contributed by atoms with Gasteiger partial charge in [-0.1, -0.05) is 36.4 Å². The van der Waals surface area contributed by atoms with E-state index in [1.807, 2.05) is 30.3 Å². The zero-order chi connectivity index (χ0) is 21.0. The first-order valence-electron chi connectivity index (χ1n) is 9.42. The molecule has 0 spiro atoms. The molecule has 1 aliphatic heterocycles. The minimum absolute atomic E-state index is 0.0370. The summed E-state index contributed by atoms with van der Waals surface area (Å²) >= 11 is 0. The van der Waals surface area contributed by atoms with Crippen molar-refractivity contribution in [1.82, 2.24) is 9.21 Å². The van der Waals surface area contributed by atoms with Crippen LogP contribution in [-0.2, 0) is 26.0 Å². The summed E-state index contributed by atoms with van der Waals surface area (Å²) in [5, 5.41) is 2.75. The monoisotopic (exact) mass is 415 g/mol. The molecule has 0 saturated carbocycles. The molecule has 3 rings (SSSR count). The standard InChI is InChI=1S/C21H25N3O4S/c1-23(2)29(27,28)19-10-6-9-18(14-19)22-21(26)17-13-20(25)24(15-17)12-11-16-7-4-3-5-8-16/h3-10,14,17H,11-13,15H2,1-2H3,(H,22,26). The lowest BCUT2D eigenvalue weighted by Gasteiger charge is -2.17. The smallest absolute Gasteiger partial charge is 0.242 e. The highest BCUT2D eigenvalue weighted by Gasteiger charge is 2.34. The Balaban J connectivity index is 1.61. The van der Waals surface area contributed by atoms with Crippen LogP contribution in [0.15, 0.2) is 59.5 Å². The van der Waals surface area contributed by atoms with Gasteiger partial charge < -0.3 is 10.2 Å². The Morgan fingerprint density at radius 3 is 2.55 bits per heavy atom. The van der Waals surface area contributed by atoms with Crippen LogP contribution in [-0.4, -0.2) is 56.6 Å². The first-order valence-corrected chi connectivity index (χ1v) is 10.9. The second-order valence-corrected chi connectivity index (χ2v) is 9.43. The summed E-state index contributed by atoms with van der Waals surface area (Å²) in [5.41, 5.74) is 1.54. The van der Waals surface area contributed by atoms with Crippen molar-refractivity contribution in [2.75, 3.05) is 32.5 Å². The fourth-order valence-electron chi connectivity index (χ4n) is 3.26. The highest BCUT2D eigenvalue weighted by molar-refractivity contribution is 7.89. The van der Waals surface area contributed by atoms with Crippen LogP contribution in [0.5, 0.6) is 0 Å². The molecule has 1 atom stereocenters. The second-order valence-electron chi connectivity index (χ2n) is 7.28. The molecule has 7 nitrogen and oxygen atoms in total. The van der Waals surface area contributed by atoms with Gasteiger partial charge >= 0.3 is 0 Å². The van der Waals surface area contributed by atoms with Crippen molar-refractivity contribution < 1.29 is 18.0 Å². The number of benzene rings is 2. The van der Waals surface area contributed by atoms with Crippen molar-refractivity contribution in [1.29, 1.82) is 0 Å². The molecule has 2 amide bonds. The van der Waals surface area contributed by atoms with Gasteiger partial charge in [0.1, 0.15) is 0 Å². The molecule has 1 unspecified atom stereocenters. The SMILES string of the molecule is CN(C)S(=O)(=O)c1cccc(NC(=O)C2CC(=O)N(CCc3ccccc3)C2)c1. The summed E-state index contributed by atoms with van der Waals surface area (Å²) < 4.78 is 25.6. The van der Waals surface area contributed by atoms with E-state index in [9.17, 15) is 18.0 Å². The van der Waals surface area contributed by atoms with Crippen molar-refractivity contribution in [2.24, 2.45) is 5.92 Å². The van der Waals surface area contributed by atoms with Gasteiger partial charge in [0.05, 0.1) is 10.8 Å². The van der Waals surface area contributed by atoms with E-state index < -0.39 is 15.9 Å². The molecule has 154 valence electrons. The maximum Gasteiger partial charge on any atom is 0.242 e. The van der Waals surface area contributed by atoms with Crippen LogP contribution in [0.1, 0.15) is 12.0 Å². The van der Waals surface area contributed by atoms with Crippen LogP contribution in [0.2, 0.25) is 0 Å². The molecule has 0 radical (unpaired) electrons. The van der Waals surface area contributed by atoms with Gasteiger partial charge in [0.25, 0.3) is 0 Å². The number of hydrogen-bond donors (Lipinski definition) is 1. The number of nitrogens with zero attached hydrogens (tertiary/aromatic N) is 2. The van der Waals surface area contributed by atoms with Crippen LogP contribution in [0, 0.1) is 5.92 Å². The van der Waals surface area contributed by atoms with Gasteiger partial charge in [-0.15, -0.1) is 0 Å². The molecule has 8 heteroatoms. The maximum absolute atomic E-state index is 12.6. The quantitative estimate of drug-likeness (QED) is 0.749. The Morgan fingerprint density at radius 1 is 1.14 bits per heavy atom. The van der Waals surface area contributed by atoms with Crippen LogP contribution in [0.3, 0.4) is 0 Å². The molecule has 0 aromatic heterocycles. The average molecular weight is 416 g/mol. The molecule has 1 fully saturated rings. The second kappa shape index (κ2) is 8.75. The number of nitrogens with one attached hydrogen (secondary N) is 1. The number of anilines is 1. The number of amides is 2. The summed E-state index contributed by atoms with van der Waals surface area (Å²) in [6.07, 6.45) is 0.904. The molecular weight excluding hydrogens is 390 g/mol. The Morgan fingerprint density at radius 2 is 1.86 bits per heavy atom. The molecular formula is C21H25N3O4S. The third kappa shape index (κ3) is 5.02. The van der Waals surface area contributed by atoms with E-state index in [1.165, 1.54) is 26.2 Å². The molecule has 1 N–H and O–H groups in total. The molecule has 1 heterocycles. The van der Waals surface area contributed by atoms with Crippen molar-refractivity contribution >= 4 is 27.5 Å². The van der Waals surface area contributed by atoms with Crippen LogP contribution in [0.25, 0.3) is 0 Å². The predicted octanol–water partition coefficient (Wildman–Crippen LogP) is 1.97. The summed E-state index contributed by atoms with van der Waals surface area (Å²) in [4.78, 5) is 26.7. The largest absolute Gasteiger partial charge is 0.342 e. The Kier molecular flexibility index (Phi) is 6.34. The van der Waals surface area contributed by atoms with Gasteiger partial charge in [0.2, 0.25) is 21.8 Å². The van der Waals surface area contributed by atoms with Gasteiger partial charge in [-0.25, -0.2) is 12.7 Å². The highest BCUT2D eigenvalue weighted by Crippen LogP contribution is 2.22. The topological polar surface area (TPSA) is 86.8 Å². The number of carbonyl (C=O) groups is 2. The van der Waals surface area contributed by atoms with Crippen molar-refractivity contribution in [2.45, 2.75) is 17.7 Å². The van der Waals surface area contributed by atoms with E-state index in [-0.39, 0.29) is 23.1 Å². The minimum atomic E-state index is -3.59. The van der Waals surface area contributed by atoms with E-state index >= 15 is 0 Å². The van der Waals surface area contributed by atoms with Crippen molar-refractivity contribution in [3.8, 4) is 0 Å². The van der Waals surface area contributed by atoms with Crippen LogP contribution in [0.4, 0.5) is 5.69 Å². The third-order valence-corrected chi connectivity index (χ3v) is 6.79. The van der Waals surface area contributed by atoms with Gasteiger partial charge in [0.15, 0.2) is 0 Å². The lowest BCUT2D eigenvalue weighted by atomic mass is 10.1. The lowest BCUT2D eigenvalue weighted by molar-refractivity contribution is -0.128. The van der Waals surface area contributed by atoms with Crippen LogP contribution >= 0.6 is 0 Å². The summed E-state index contributed by atoms with van der Waals surface area (Å²) in [6.45, 7) is 0.941. The van der Waals surface area contributed by atoms with E-state index in [1.54, 1.807) is 17.0 Å². The zero-order valence-electron chi connectivity index (χ0n) is 16.5. The number of hydrogen-bond acceptors (Lipinski definition) is 4. The van der Waals surface area contributed by atoms with E-state index in [2.05, 4.69) is 5.32 Å². The van der Waals surface area contributed by atoms with Crippen molar-refractivity contribution in [3.05, 3.63) is 60.2 Å². The fraction of sp³-hybridized carbons (Fsp3) is 0.333. The molecule has 2 aromatic rings. The maximum atomic E-state index is 12.6. The first kappa shape index (κ1) is 21.0. The van der Waals surface area contributed by atoms with E-state index in [0.29, 0.717) is 18.8 Å². The minimum Gasteiger partial charge on any atom is -0.342 e. The van der Waals surface area contributed by atoms with E-state index in [0.717, 1.165) is 16.3 Å². The molecule has 1 saturated heterocycles. The van der Waals surface area contributed by atoms with Crippen molar-refractivity contribution in [3.63, 3.8) is 0 Å². The Hall–Kier alpha value is -2.71. The number of sulfonamides is 1. The predicted molar refractivity (Wildman–Crippen MR) is 111 cm³/mol. The third-order valence-electron chi connectivity index (χ3n) is 4.98. The molecule has 0 aliphatic carbocycles.